The van der Waals surface area contributed by atoms with E-state index >= 15 is 0 Å². The average Bonchev–Trinajstić information content (AvgIpc) is 2.44. The Hall–Kier alpha value is -2.71. The molecule has 3 nitrogen and oxygen atoms in total. The van der Waals surface area contributed by atoms with Crippen molar-refractivity contribution in [1.82, 2.24) is 0 Å². The van der Waals surface area contributed by atoms with Crippen LogP contribution in [-0.2, 0) is 6.18 Å². The molecule has 2 aromatic rings. The Balaban J connectivity index is 2.79. The number of hydrogen-bond acceptors (Lipinski definition) is 2. The Bertz CT molecular complexity index is 765. The number of benzene rings is 2. The number of alkyl halides is 6. The number of aromatic carboxylic acids is 1. The quantitative estimate of drug-likeness (QED) is 0.795. The fourth-order valence-corrected chi connectivity index (χ4v) is 2.14. The minimum atomic E-state index is -5.15. The molecule has 0 bridgehead atoms. The van der Waals surface area contributed by atoms with Crippen LogP contribution in [0.5, 0.6) is 5.75 Å². The first-order valence-electron chi connectivity index (χ1n) is 6.29. The SMILES string of the molecule is O=C(O)c1cccc(C(F)(F)F)c1-c1ccccc1OC(F)(F)F. The zero-order valence-electron chi connectivity index (χ0n) is 11.6. The van der Waals surface area contributed by atoms with Crippen molar-refractivity contribution < 1.29 is 41.0 Å². The van der Waals surface area contributed by atoms with Crippen molar-refractivity contribution in [1.29, 1.82) is 0 Å². The fourth-order valence-electron chi connectivity index (χ4n) is 2.14. The molecule has 0 aliphatic carbocycles. The first-order valence-corrected chi connectivity index (χ1v) is 6.29. The van der Waals surface area contributed by atoms with Gasteiger partial charge in [-0.15, -0.1) is 13.2 Å². The molecule has 0 aromatic heterocycles. The van der Waals surface area contributed by atoms with Gasteiger partial charge in [0, 0.05) is 11.1 Å². The lowest BCUT2D eigenvalue weighted by Crippen LogP contribution is -2.18. The smallest absolute Gasteiger partial charge is 0.478 e. The van der Waals surface area contributed by atoms with Crippen LogP contribution in [0.4, 0.5) is 26.3 Å². The zero-order valence-corrected chi connectivity index (χ0v) is 11.6. The number of carboxylic acid groups (broad SMARTS) is 1. The lowest BCUT2D eigenvalue weighted by molar-refractivity contribution is -0.274. The molecule has 0 aliphatic rings. The molecular formula is C15H8F6O3. The van der Waals surface area contributed by atoms with Crippen LogP contribution >= 0.6 is 0 Å². The summed E-state index contributed by atoms with van der Waals surface area (Å²) in [6.45, 7) is 0. The Labute approximate surface area is 131 Å². The normalized spacial score (nSPS) is 12.1. The number of halogens is 6. The Morgan fingerprint density at radius 1 is 0.917 bits per heavy atom. The summed E-state index contributed by atoms with van der Waals surface area (Å²) in [7, 11) is 0. The summed E-state index contributed by atoms with van der Waals surface area (Å²) < 4.78 is 80.7. The van der Waals surface area contributed by atoms with Gasteiger partial charge < -0.3 is 9.84 Å². The molecule has 0 fully saturated rings. The second-order valence-corrected chi connectivity index (χ2v) is 4.58. The van der Waals surface area contributed by atoms with Crippen molar-refractivity contribution in [3.8, 4) is 16.9 Å². The first-order chi connectivity index (χ1) is 11.0. The van der Waals surface area contributed by atoms with Crippen LogP contribution in [0.2, 0.25) is 0 Å². The molecule has 0 saturated heterocycles. The van der Waals surface area contributed by atoms with Crippen molar-refractivity contribution in [2.45, 2.75) is 12.5 Å². The van der Waals surface area contributed by atoms with Gasteiger partial charge in [0.2, 0.25) is 0 Å². The monoisotopic (exact) mass is 350 g/mol. The van der Waals surface area contributed by atoms with Crippen molar-refractivity contribution >= 4 is 5.97 Å². The van der Waals surface area contributed by atoms with E-state index in [0.717, 1.165) is 30.3 Å². The van der Waals surface area contributed by atoms with Crippen molar-refractivity contribution in [2.75, 3.05) is 0 Å². The van der Waals surface area contributed by atoms with Gasteiger partial charge in [-0.25, -0.2) is 4.79 Å². The molecule has 9 heteroatoms. The van der Waals surface area contributed by atoms with E-state index in [1.807, 2.05) is 0 Å². The Morgan fingerprint density at radius 3 is 2.08 bits per heavy atom. The summed E-state index contributed by atoms with van der Waals surface area (Å²) in [6.07, 6.45) is -10.1. The maximum Gasteiger partial charge on any atom is 0.573 e. The third-order valence-electron chi connectivity index (χ3n) is 2.98. The fraction of sp³-hybridized carbons (Fsp3) is 0.133. The van der Waals surface area contributed by atoms with Crippen LogP contribution in [0.25, 0.3) is 11.1 Å². The molecule has 0 heterocycles. The van der Waals surface area contributed by atoms with Crippen LogP contribution in [0.3, 0.4) is 0 Å². The molecular weight excluding hydrogens is 342 g/mol. The summed E-state index contributed by atoms with van der Waals surface area (Å²) in [5, 5.41) is 9.11. The van der Waals surface area contributed by atoms with Gasteiger partial charge in [-0.2, -0.15) is 13.2 Å². The lowest BCUT2D eigenvalue weighted by atomic mass is 9.93. The Kier molecular flexibility index (Phi) is 4.46. The molecule has 0 atom stereocenters. The highest BCUT2D eigenvalue weighted by molar-refractivity contribution is 5.98. The highest BCUT2D eigenvalue weighted by atomic mass is 19.4. The maximum atomic E-state index is 13.2. The van der Waals surface area contributed by atoms with Crippen LogP contribution in [0.1, 0.15) is 15.9 Å². The molecule has 2 rings (SSSR count). The summed E-state index contributed by atoms with van der Waals surface area (Å²) >= 11 is 0. The van der Waals surface area contributed by atoms with Gasteiger partial charge >= 0.3 is 18.5 Å². The number of rotatable bonds is 3. The third kappa shape index (κ3) is 3.79. The van der Waals surface area contributed by atoms with Gasteiger partial charge in [0.05, 0.1) is 11.1 Å². The highest BCUT2D eigenvalue weighted by Gasteiger charge is 2.38. The van der Waals surface area contributed by atoms with Crippen LogP contribution in [-0.4, -0.2) is 17.4 Å². The molecule has 0 aliphatic heterocycles. The second kappa shape index (κ2) is 6.06. The van der Waals surface area contributed by atoms with Gasteiger partial charge in [0.1, 0.15) is 5.75 Å². The maximum absolute atomic E-state index is 13.2. The van der Waals surface area contributed by atoms with Crippen molar-refractivity contribution in [3.05, 3.63) is 53.6 Å². The molecule has 0 unspecified atom stereocenters. The lowest BCUT2D eigenvalue weighted by Gasteiger charge is -2.18. The van der Waals surface area contributed by atoms with Crippen LogP contribution < -0.4 is 4.74 Å². The second-order valence-electron chi connectivity index (χ2n) is 4.58. The molecule has 0 radical (unpaired) electrons. The summed E-state index contributed by atoms with van der Waals surface area (Å²) in [5.74, 6) is -2.64. The molecule has 0 spiro atoms. The van der Waals surface area contributed by atoms with E-state index in [1.54, 1.807) is 0 Å². The molecule has 128 valence electrons. The Morgan fingerprint density at radius 2 is 1.54 bits per heavy atom. The van der Waals surface area contributed by atoms with Gasteiger partial charge in [-0.05, 0) is 18.2 Å². The largest absolute Gasteiger partial charge is 0.573 e. The minimum absolute atomic E-state index is 0.589. The van der Waals surface area contributed by atoms with E-state index < -0.39 is 46.5 Å². The van der Waals surface area contributed by atoms with Gasteiger partial charge in [0.15, 0.2) is 0 Å². The molecule has 0 amide bonds. The summed E-state index contributed by atoms with van der Waals surface area (Å²) in [6, 6.07) is 6.37. The molecule has 24 heavy (non-hydrogen) atoms. The van der Waals surface area contributed by atoms with Crippen molar-refractivity contribution in [3.63, 3.8) is 0 Å². The van der Waals surface area contributed by atoms with E-state index in [-0.39, 0.29) is 0 Å². The number of ether oxygens (including phenoxy) is 1. The van der Waals surface area contributed by atoms with E-state index in [4.69, 9.17) is 5.11 Å². The highest BCUT2D eigenvalue weighted by Crippen LogP contribution is 2.43. The van der Waals surface area contributed by atoms with E-state index in [9.17, 15) is 31.1 Å². The van der Waals surface area contributed by atoms with E-state index in [1.165, 1.54) is 6.07 Å². The predicted octanol–water partition coefficient (Wildman–Crippen LogP) is 4.97. The predicted molar refractivity (Wildman–Crippen MR) is 70.5 cm³/mol. The molecule has 2 aromatic carbocycles. The van der Waals surface area contributed by atoms with E-state index in [0.29, 0.717) is 6.07 Å². The topological polar surface area (TPSA) is 46.5 Å². The minimum Gasteiger partial charge on any atom is -0.478 e. The summed E-state index contributed by atoms with van der Waals surface area (Å²) in [5.41, 5.74) is -3.68. The zero-order chi connectivity index (χ0) is 18.1. The van der Waals surface area contributed by atoms with Gasteiger partial charge in [-0.1, -0.05) is 24.3 Å². The molecule has 1 N–H and O–H groups in total. The van der Waals surface area contributed by atoms with Gasteiger partial charge in [0.25, 0.3) is 0 Å². The number of hydrogen-bond donors (Lipinski definition) is 1. The van der Waals surface area contributed by atoms with Crippen molar-refractivity contribution in [2.24, 2.45) is 0 Å². The number of carboxylic acids is 1. The van der Waals surface area contributed by atoms with Crippen LogP contribution in [0, 0.1) is 0 Å². The standard InChI is InChI=1S/C15H8F6O3/c16-14(17,18)10-6-3-5-9(13(22)23)12(10)8-4-1-2-7-11(8)24-15(19,20)21/h1-7H,(H,22,23). The number of carbonyl (C=O) groups is 1. The summed E-state index contributed by atoms with van der Waals surface area (Å²) in [4.78, 5) is 11.2. The van der Waals surface area contributed by atoms with E-state index in [2.05, 4.69) is 4.74 Å². The van der Waals surface area contributed by atoms with Gasteiger partial charge in [-0.3, -0.25) is 0 Å². The average molecular weight is 350 g/mol. The first kappa shape index (κ1) is 17.6. The van der Waals surface area contributed by atoms with Crippen LogP contribution in [0.15, 0.2) is 42.5 Å². The number of para-hydroxylation sites is 1. The molecule has 0 saturated carbocycles. The third-order valence-corrected chi connectivity index (χ3v) is 2.98.